The molecule has 0 radical (unpaired) electrons. The zero-order valence-corrected chi connectivity index (χ0v) is 14.3. The fraction of sp³-hybridized carbons (Fsp3) is 0.857. The topological polar surface area (TPSA) is 112 Å². The average Bonchev–Trinajstić information content (AvgIpc) is 2.46. The largest absolute Gasteiger partial charge is 0.481 e. The number of aliphatic carboxylic acids is 2. The summed E-state index contributed by atoms with van der Waals surface area (Å²) in [5, 5.41) is 15.8. The third-order valence-corrected chi connectivity index (χ3v) is 2.16. The van der Waals surface area contributed by atoms with Gasteiger partial charge in [0.25, 0.3) is 0 Å². The molecule has 0 saturated carbocycles. The minimum atomic E-state index is -1.08. The van der Waals surface area contributed by atoms with Crippen LogP contribution in [0, 0.1) is 0 Å². The Bertz CT molecular complexity index is 231. The van der Waals surface area contributed by atoms with Gasteiger partial charge in [-0.15, -0.1) is 0 Å². The van der Waals surface area contributed by atoms with Crippen LogP contribution in [0.2, 0.25) is 0 Å². The number of rotatable bonds is 9. The lowest BCUT2D eigenvalue weighted by Gasteiger charge is -2.05. The maximum atomic E-state index is 9.64. The molecule has 0 saturated heterocycles. The molecule has 0 heterocycles. The minimum absolute atomic E-state index is 0.227. The summed E-state index contributed by atoms with van der Waals surface area (Å²) in [5.74, 6) is -2.15. The van der Waals surface area contributed by atoms with Crippen LogP contribution in [-0.4, -0.2) is 76.0 Å². The van der Waals surface area contributed by atoms with Crippen molar-refractivity contribution in [2.75, 3.05) is 41.7 Å². The van der Waals surface area contributed by atoms with E-state index >= 15 is 0 Å². The number of hydrogen-bond acceptors (Lipinski definition) is 6. The van der Waals surface area contributed by atoms with Crippen LogP contribution in [0.25, 0.3) is 0 Å². The Morgan fingerprint density at radius 1 is 0.773 bits per heavy atom. The Labute approximate surface area is 132 Å². The number of carbonyl (C=O) groups is 2. The summed E-state index contributed by atoms with van der Waals surface area (Å²) in [7, 11) is 6.67. The zero-order valence-electron chi connectivity index (χ0n) is 14.3. The molecule has 22 heavy (non-hydrogen) atoms. The van der Waals surface area contributed by atoms with Gasteiger partial charge in [0.15, 0.2) is 0 Å². The highest BCUT2D eigenvalue weighted by molar-refractivity contribution is 5.75. The Balaban J connectivity index is -0.000000247. The molecule has 2 unspecified atom stereocenters. The molecule has 8 heteroatoms. The van der Waals surface area contributed by atoms with Crippen molar-refractivity contribution < 1.29 is 38.7 Å². The van der Waals surface area contributed by atoms with Crippen molar-refractivity contribution in [3.8, 4) is 0 Å². The smallest absolute Gasteiger partial charge is 0.303 e. The van der Waals surface area contributed by atoms with Crippen LogP contribution < -0.4 is 0 Å². The van der Waals surface area contributed by atoms with E-state index in [2.05, 4.69) is 0 Å². The van der Waals surface area contributed by atoms with Gasteiger partial charge in [-0.1, -0.05) is 0 Å². The molecule has 134 valence electrons. The van der Waals surface area contributed by atoms with Gasteiger partial charge in [0.2, 0.25) is 0 Å². The summed E-state index contributed by atoms with van der Waals surface area (Å²) in [4.78, 5) is 19.3. The molecular formula is C14H30O8. The third kappa shape index (κ3) is 31.3. The summed E-state index contributed by atoms with van der Waals surface area (Å²) >= 11 is 0. The predicted molar refractivity (Wildman–Crippen MR) is 81.2 cm³/mol. The number of methoxy groups -OCH3 is 4. The lowest BCUT2D eigenvalue weighted by atomic mass is 10.3. The first kappa shape index (κ1) is 25.7. The van der Waals surface area contributed by atoms with Crippen molar-refractivity contribution in [2.24, 2.45) is 0 Å². The molecule has 0 aliphatic carbocycles. The number of carboxylic acid groups (broad SMARTS) is 2. The quantitative estimate of drug-likeness (QED) is 0.651. The summed E-state index contributed by atoms with van der Waals surface area (Å²) in [5.41, 5.74) is 0. The molecule has 0 amide bonds. The maximum absolute atomic E-state index is 9.64. The van der Waals surface area contributed by atoms with E-state index in [1.54, 1.807) is 28.4 Å². The molecule has 0 aromatic carbocycles. The van der Waals surface area contributed by atoms with E-state index in [4.69, 9.17) is 29.2 Å². The summed E-state index contributed by atoms with van der Waals surface area (Å²) in [6, 6.07) is 0. The summed E-state index contributed by atoms with van der Waals surface area (Å²) in [6.07, 6.45) is -0.139. The summed E-state index contributed by atoms with van der Waals surface area (Å²) in [6.45, 7) is 5.28. The van der Waals surface area contributed by atoms with E-state index < -0.39 is 11.9 Å². The van der Waals surface area contributed by atoms with Gasteiger partial charge in [0.05, 0.1) is 38.3 Å². The maximum Gasteiger partial charge on any atom is 0.303 e. The van der Waals surface area contributed by atoms with Gasteiger partial charge in [0.1, 0.15) is 0 Å². The third-order valence-electron chi connectivity index (χ3n) is 2.16. The fourth-order valence-corrected chi connectivity index (χ4v) is 0.819. The molecule has 0 aromatic heterocycles. The highest BCUT2D eigenvalue weighted by Gasteiger charge is 2.00. The zero-order chi connectivity index (χ0) is 18.0. The van der Waals surface area contributed by atoms with Crippen LogP contribution in [0.1, 0.15) is 26.7 Å². The molecule has 0 bridgehead atoms. The predicted octanol–water partition coefficient (Wildman–Crippen LogP) is 1.27. The van der Waals surface area contributed by atoms with Gasteiger partial charge in [-0.3, -0.25) is 9.59 Å². The van der Waals surface area contributed by atoms with Crippen LogP contribution in [0.15, 0.2) is 0 Å². The molecule has 8 nitrogen and oxygen atoms in total. The molecule has 0 aromatic rings. The van der Waals surface area contributed by atoms with Gasteiger partial charge in [-0.25, -0.2) is 0 Å². The van der Waals surface area contributed by atoms with Crippen LogP contribution in [0.4, 0.5) is 0 Å². The minimum Gasteiger partial charge on any atom is -0.481 e. The number of hydrogen-bond donors (Lipinski definition) is 2. The second-order valence-corrected chi connectivity index (χ2v) is 4.29. The van der Waals surface area contributed by atoms with Gasteiger partial charge >= 0.3 is 11.9 Å². The molecular weight excluding hydrogens is 296 g/mol. The van der Waals surface area contributed by atoms with Crippen molar-refractivity contribution in [3.63, 3.8) is 0 Å². The molecule has 0 spiro atoms. The molecule has 2 atom stereocenters. The van der Waals surface area contributed by atoms with E-state index in [0.29, 0.717) is 13.2 Å². The van der Waals surface area contributed by atoms with Crippen LogP contribution in [0.5, 0.6) is 0 Å². The average molecular weight is 326 g/mol. The standard InChI is InChI=1S/2C5H12O2.C4H6O4/c2*1-5(7-3)4-6-2;5-3(6)1-2-4(7)8/h2*5H,4H2,1-3H3;1-2H2,(H,5,6)(H,7,8). The first-order valence-corrected chi connectivity index (χ1v) is 6.72. The van der Waals surface area contributed by atoms with Gasteiger partial charge < -0.3 is 29.2 Å². The molecule has 0 aliphatic heterocycles. The van der Waals surface area contributed by atoms with Gasteiger partial charge in [0, 0.05) is 28.4 Å². The number of carboxylic acids is 2. The Kier molecular flexibility index (Phi) is 23.1. The fourth-order valence-electron chi connectivity index (χ4n) is 0.819. The monoisotopic (exact) mass is 326 g/mol. The van der Waals surface area contributed by atoms with Crippen molar-refractivity contribution >= 4 is 11.9 Å². The molecule has 0 fully saturated rings. The van der Waals surface area contributed by atoms with Crippen LogP contribution >= 0.6 is 0 Å². The Morgan fingerprint density at radius 3 is 1.14 bits per heavy atom. The molecule has 0 rings (SSSR count). The second kappa shape index (κ2) is 19.8. The van der Waals surface area contributed by atoms with E-state index in [0.717, 1.165) is 0 Å². The lowest BCUT2D eigenvalue weighted by Crippen LogP contribution is -2.11. The lowest BCUT2D eigenvalue weighted by molar-refractivity contribution is -0.143. The van der Waals surface area contributed by atoms with E-state index in [-0.39, 0.29) is 25.0 Å². The van der Waals surface area contributed by atoms with Crippen LogP contribution in [0.3, 0.4) is 0 Å². The highest BCUT2D eigenvalue weighted by atomic mass is 16.5. The first-order valence-electron chi connectivity index (χ1n) is 6.72. The van der Waals surface area contributed by atoms with E-state index in [1.165, 1.54) is 0 Å². The molecule has 2 N–H and O–H groups in total. The summed E-state index contributed by atoms with van der Waals surface area (Å²) < 4.78 is 19.3. The van der Waals surface area contributed by atoms with E-state index in [1.807, 2.05) is 13.8 Å². The molecule has 0 aliphatic rings. The van der Waals surface area contributed by atoms with Crippen molar-refractivity contribution in [1.82, 2.24) is 0 Å². The van der Waals surface area contributed by atoms with Crippen molar-refractivity contribution in [1.29, 1.82) is 0 Å². The second-order valence-electron chi connectivity index (χ2n) is 4.29. The Morgan fingerprint density at radius 2 is 1.05 bits per heavy atom. The van der Waals surface area contributed by atoms with Gasteiger partial charge in [-0.05, 0) is 13.8 Å². The van der Waals surface area contributed by atoms with Crippen molar-refractivity contribution in [2.45, 2.75) is 38.9 Å². The Hall–Kier alpha value is -1.22. The first-order chi connectivity index (χ1) is 10.2. The SMILES string of the molecule is COCC(C)OC.COCC(C)OC.O=C(O)CCC(=O)O. The number of ether oxygens (including phenoxy) is 4. The van der Waals surface area contributed by atoms with E-state index in [9.17, 15) is 9.59 Å². The normalized spacial score (nSPS) is 12.1. The van der Waals surface area contributed by atoms with Gasteiger partial charge in [-0.2, -0.15) is 0 Å². The van der Waals surface area contributed by atoms with Crippen LogP contribution in [-0.2, 0) is 28.5 Å². The highest BCUT2D eigenvalue weighted by Crippen LogP contribution is 1.86. The van der Waals surface area contributed by atoms with Crippen molar-refractivity contribution in [3.05, 3.63) is 0 Å².